The van der Waals surface area contributed by atoms with Crippen molar-refractivity contribution in [3.8, 4) is 0 Å². The van der Waals surface area contributed by atoms with Gasteiger partial charge in [-0.2, -0.15) is 0 Å². The van der Waals surface area contributed by atoms with Crippen molar-refractivity contribution in [2.75, 3.05) is 13.2 Å². The molecule has 1 aliphatic heterocycles. The number of nitrogens with zero attached hydrogens (tertiary/aromatic N) is 1. The van der Waals surface area contributed by atoms with Crippen molar-refractivity contribution in [2.45, 2.75) is 31.4 Å². The second-order valence-electron chi connectivity index (χ2n) is 5.70. The van der Waals surface area contributed by atoms with Gasteiger partial charge < -0.3 is 14.1 Å². The van der Waals surface area contributed by atoms with Crippen LogP contribution in [-0.4, -0.2) is 36.1 Å². The van der Waals surface area contributed by atoms with Crippen LogP contribution >= 0.6 is 11.6 Å². The van der Waals surface area contributed by atoms with Crippen molar-refractivity contribution >= 4 is 28.5 Å². The number of furan rings is 1. The molecule has 1 amide bonds. The SMILES string of the molecule is O=C(c1cc2cc(Cl)ccc2o1)N1CCO[C@@H]2CCC[C@H]21. The minimum absolute atomic E-state index is 0.0393. The van der Waals surface area contributed by atoms with Gasteiger partial charge in [-0.1, -0.05) is 11.6 Å². The van der Waals surface area contributed by atoms with Crippen LogP contribution in [0.5, 0.6) is 0 Å². The first kappa shape index (κ1) is 13.2. The number of hydrogen-bond donors (Lipinski definition) is 0. The Balaban J connectivity index is 1.66. The molecule has 21 heavy (non-hydrogen) atoms. The highest BCUT2D eigenvalue weighted by Gasteiger charge is 2.39. The summed E-state index contributed by atoms with van der Waals surface area (Å²) in [7, 11) is 0. The lowest BCUT2D eigenvalue weighted by atomic mass is 10.1. The van der Waals surface area contributed by atoms with Gasteiger partial charge >= 0.3 is 0 Å². The van der Waals surface area contributed by atoms with Crippen LogP contribution in [0.3, 0.4) is 0 Å². The molecule has 2 heterocycles. The Morgan fingerprint density at radius 1 is 1.29 bits per heavy atom. The Morgan fingerprint density at radius 3 is 3.10 bits per heavy atom. The van der Waals surface area contributed by atoms with Crippen LogP contribution in [-0.2, 0) is 4.74 Å². The van der Waals surface area contributed by atoms with Crippen LogP contribution in [0.2, 0.25) is 5.02 Å². The number of amides is 1. The molecule has 0 unspecified atom stereocenters. The maximum absolute atomic E-state index is 12.7. The number of hydrogen-bond acceptors (Lipinski definition) is 3. The first-order valence-electron chi connectivity index (χ1n) is 7.34. The molecule has 0 N–H and O–H groups in total. The third-order valence-electron chi connectivity index (χ3n) is 4.43. The van der Waals surface area contributed by atoms with E-state index in [2.05, 4.69) is 0 Å². The van der Waals surface area contributed by atoms with E-state index in [1.54, 1.807) is 18.2 Å². The van der Waals surface area contributed by atoms with Gasteiger partial charge in [0.05, 0.1) is 18.8 Å². The van der Waals surface area contributed by atoms with Gasteiger partial charge in [0, 0.05) is 17.0 Å². The lowest BCUT2D eigenvalue weighted by molar-refractivity contribution is -0.0453. The molecular formula is C16H16ClNO3. The van der Waals surface area contributed by atoms with Gasteiger partial charge in [0.25, 0.3) is 5.91 Å². The van der Waals surface area contributed by atoms with E-state index >= 15 is 0 Å². The van der Waals surface area contributed by atoms with Crippen LogP contribution in [0.1, 0.15) is 29.8 Å². The first-order valence-corrected chi connectivity index (χ1v) is 7.72. The number of rotatable bonds is 1. The van der Waals surface area contributed by atoms with Crippen LogP contribution in [0.25, 0.3) is 11.0 Å². The van der Waals surface area contributed by atoms with Gasteiger partial charge in [-0.05, 0) is 43.5 Å². The second-order valence-corrected chi connectivity index (χ2v) is 6.14. The lowest BCUT2D eigenvalue weighted by Crippen LogP contribution is -2.51. The summed E-state index contributed by atoms with van der Waals surface area (Å²) >= 11 is 5.98. The Hall–Kier alpha value is -1.52. The van der Waals surface area contributed by atoms with Gasteiger partial charge in [0.2, 0.25) is 0 Å². The van der Waals surface area contributed by atoms with E-state index in [-0.39, 0.29) is 18.1 Å². The lowest BCUT2D eigenvalue weighted by Gasteiger charge is -2.37. The Labute approximate surface area is 127 Å². The van der Waals surface area contributed by atoms with E-state index in [0.717, 1.165) is 24.6 Å². The largest absolute Gasteiger partial charge is 0.451 e. The molecule has 2 fully saturated rings. The van der Waals surface area contributed by atoms with Gasteiger partial charge in [-0.3, -0.25) is 4.79 Å². The number of morpholine rings is 1. The van der Waals surface area contributed by atoms with Crippen LogP contribution in [0.4, 0.5) is 0 Å². The highest BCUT2D eigenvalue weighted by molar-refractivity contribution is 6.31. The predicted octanol–water partition coefficient (Wildman–Crippen LogP) is 3.48. The van der Waals surface area contributed by atoms with Crippen LogP contribution in [0.15, 0.2) is 28.7 Å². The second kappa shape index (κ2) is 5.04. The molecule has 1 aromatic heterocycles. The van der Waals surface area contributed by atoms with E-state index in [4.69, 9.17) is 20.8 Å². The van der Waals surface area contributed by atoms with Crippen molar-refractivity contribution in [3.63, 3.8) is 0 Å². The quantitative estimate of drug-likeness (QED) is 0.810. The summed E-state index contributed by atoms with van der Waals surface area (Å²) in [5.74, 6) is 0.349. The summed E-state index contributed by atoms with van der Waals surface area (Å²) in [5.41, 5.74) is 0.694. The fraction of sp³-hybridized carbons (Fsp3) is 0.438. The summed E-state index contributed by atoms with van der Waals surface area (Å²) in [6.07, 6.45) is 3.38. The molecule has 0 spiro atoms. The maximum Gasteiger partial charge on any atom is 0.290 e. The monoisotopic (exact) mass is 305 g/mol. The van der Waals surface area contributed by atoms with E-state index in [0.29, 0.717) is 29.5 Å². The molecular weight excluding hydrogens is 290 g/mol. The zero-order valence-corrected chi connectivity index (χ0v) is 12.3. The Kier molecular flexibility index (Phi) is 3.16. The highest BCUT2D eigenvalue weighted by atomic mass is 35.5. The molecule has 4 rings (SSSR count). The number of ether oxygens (including phenoxy) is 1. The summed E-state index contributed by atoms with van der Waals surface area (Å²) in [5, 5.41) is 1.51. The molecule has 1 saturated carbocycles. The minimum Gasteiger partial charge on any atom is -0.451 e. The average Bonchev–Trinajstić information content (AvgIpc) is 3.11. The fourth-order valence-electron chi connectivity index (χ4n) is 3.44. The fourth-order valence-corrected chi connectivity index (χ4v) is 3.62. The van der Waals surface area contributed by atoms with Crippen molar-refractivity contribution in [3.05, 3.63) is 35.0 Å². The van der Waals surface area contributed by atoms with Crippen LogP contribution in [0, 0.1) is 0 Å². The number of fused-ring (bicyclic) bond motifs is 2. The highest BCUT2D eigenvalue weighted by Crippen LogP contribution is 2.31. The molecule has 0 bridgehead atoms. The minimum atomic E-state index is -0.0393. The molecule has 5 heteroatoms. The third-order valence-corrected chi connectivity index (χ3v) is 4.67. The molecule has 2 aliphatic rings. The molecule has 1 aliphatic carbocycles. The third kappa shape index (κ3) is 2.23. The molecule has 1 aromatic carbocycles. The van der Waals surface area contributed by atoms with Crippen molar-refractivity contribution in [1.82, 2.24) is 4.90 Å². The Bertz CT molecular complexity index is 696. The molecule has 2 atom stereocenters. The smallest absolute Gasteiger partial charge is 0.290 e. The van der Waals surface area contributed by atoms with Crippen molar-refractivity contribution in [2.24, 2.45) is 0 Å². The van der Waals surface area contributed by atoms with E-state index < -0.39 is 0 Å². The maximum atomic E-state index is 12.7. The molecule has 110 valence electrons. The van der Waals surface area contributed by atoms with Gasteiger partial charge in [-0.15, -0.1) is 0 Å². The van der Waals surface area contributed by atoms with E-state index in [9.17, 15) is 4.79 Å². The zero-order valence-electron chi connectivity index (χ0n) is 11.5. The summed E-state index contributed by atoms with van der Waals surface area (Å²) < 4.78 is 11.4. The topological polar surface area (TPSA) is 42.7 Å². The van der Waals surface area contributed by atoms with Gasteiger partial charge in [-0.25, -0.2) is 0 Å². The summed E-state index contributed by atoms with van der Waals surface area (Å²) in [4.78, 5) is 14.7. The average molecular weight is 306 g/mol. The molecule has 2 aromatic rings. The molecule has 1 saturated heterocycles. The van der Waals surface area contributed by atoms with Gasteiger partial charge in [0.15, 0.2) is 5.76 Å². The molecule has 0 radical (unpaired) electrons. The number of benzene rings is 1. The predicted molar refractivity (Wildman–Crippen MR) is 79.6 cm³/mol. The summed E-state index contributed by atoms with van der Waals surface area (Å²) in [6, 6.07) is 7.36. The number of carbonyl (C=O) groups is 1. The molecule has 4 nitrogen and oxygen atoms in total. The van der Waals surface area contributed by atoms with Crippen molar-refractivity contribution in [1.29, 1.82) is 0 Å². The number of halogens is 1. The van der Waals surface area contributed by atoms with Crippen LogP contribution < -0.4 is 0 Å². The van der Waals surface area contributed by atoms with Crippen molar-refractivity contribution < 1.29 is 13.9 Å². The Morgan fingerprint density at radius 2 is 2.19 bits per heavy atom. The standard InChI is InChI=1S/C16H16ClNO3/c17-11-4-5-13-10(8-11)9-15(21-13)16(19)18-6-7-20-14-3-1-2-12(14)18/h4-5,8-9,12,14H,1-3,6-7H2/t12-,14-/m1/s1. The summed E-state index contributed by atoms with van der Waals surface area (Å²) in [6.45, 7) is 1.25. The zero-order chi connectivity index (χ0) is 14.4. The van der Waals surface area contributed by atoms with Gasteiger partial charge in [0.1, 0.15) is 5.58 Å². The van der Waals surface area contributed by atoms with E-state index in [1.165, 1.54) is 0 Å². The number of carbonyl (C=O) groups excluding carboxylic acids is 1. The first-order chi connectivity index (χ1) is 10.2. The van der Waals surface area contributed by atoms with E-state index in [1.807, 2.05) is 11.0 Å². The normalized spacial score (nSPS) is 25.3.